The third-order valence-corrected chi connectivity index (χ3v) is 2.45. The van der Waals surface area contributed by atoms with Gasteiger partial charge in [-0.15, -0.1) is 0 Å². The number of hydrogen-bond acceptors (Lipinski definition) is 0. The van der Waals surface area contributed by atoms with E-state index in [-0.39, 0.29) is 0 Å². The van der Waals surface area contributed by atoms with Crippen LogP contribution >= 0.6 is 0 Å². The Balaban J connectivity index is 2.18. The van der Waals surface area contributed by atoms with Gasteiger partial charge in [-0.25, -0.2) is 0 Å². The van der Waals surface area contributed by atoms with Gasteiger partial charge >= 0.3 is 0 Å². The zero-order valence-electron chi connectivity index (χ0n) is 9.20. The normalized spacial score (nSPS) is 10.3. The van der Waals surface area contributed by atoms with Crippen molar-refractivity contribution in [2.45, 2.75) is 13.8 Å². The molecular weight excluding hydrogens is 180 g/mol. The SMILES string of the molecule is Cc1ccc([CH]c2cccc(C)c2)cc1. The largest absolute Gasteiger partial charge is 0.0617 e. The van der Waals surface area contributed by atoms with Crippen molar-refractivity contribution >= 4 is 0 Å². The Morgan fingerprint density at radius 3 is 2.13 bits per heavy atom. The van der Waals surface area contributed by atoms with E-state index in [1.165, 1.54) is 22.3 Å². The maximum Gasteiger partial charge on any atom is 0.0199 e. The summed E-state index contributed by atoms with van der Waals surface area (Å²) in [5.74, 6) is 0. The Morgan fingerprint density at radius 2 is 1.47 bits per heavy atom. The van der Waals surface area contributed by atoms with Gasteiger partial charge in [0.1, 0.15) is 0 Å². The molecule has 0 bridgehead atoms. The lowest BCUT2D eigenvalue weighted by Crippen LogP contribution is -1.85. The maximum absolute atomic E-state index is 2.20. The van der Waals surface area contributed by atoms with Crippen LogP contribution in [0.25, 0.3) is 0 Å². The summed E-state index contributed by atoms with van der Waals surface area (Å²) in [4.78, 5) is 0. The molecule has 0 aromatic heterocycles. The van der Waals surface area contributed by atoms with Crippen molar-refractivity contribution in [1.82, 2.24) is 0 Å². The van der Waals surface area contributed by atoms with Crippen molar-refractivity contribution in [3.63, 3.8) is 0 Å². The molecule has 0 unspecified atom stereocenters. The van der Waals surface area contributed by atoms with Gasteiger partial charge in [0.05, 0.1) is 0 Å². The van der Waals surface area contributed by atoms with Gasteiger partial charge in [0, 0.05) is 6.42 Å². The molecule has 0 fully saturated rings. The first kappa shape index (κ1) is 9.97. The summed E-state index contributed by atoms with van der Waals surface area (Å²) in [5.41, 5.74) is 5.12. The zero-order valence-corrected chi connectivity index (χ0v) is 9.20. The summed E-state index contributed by atoms with van der Waals surface area (Å²) in [7, 11) is 0. The Bertz CT molecular complexity index is 438. The molecule has 0 aliphatic rings. The van der Waals surface area contributed by atoms with Gasteiger partial charge in [-0.3, -0.25) is 0 Å². The lowest BCUT2D eigenvalue weighted by Gasteiger charge is -2.03. The lowest BCUT2D eigenvalue weighted by molar-refractivity contribution is 1.36. The Kier molecular flexibility index (Phi) is 2.86. The molecule has 0 saturated carbocycles. The quantitative estimate of drug-likeness (QED) is 0.681. The highest BCUT2D eigenvalue weighted by Gasteiger charge is 1.96. The van der Waals surface area contributed by atoms with E-state index in [2.05, 4.69) is 68.8 Å². The first-order valence-corrected chi connectivity index (χ1v) is 5.22. The molecule has 2 rings (SSSR count). The minimum absolute atomic E-state index is 1.26. The molecule has 0 aliphatic heterocycles. The molecule has 2 aromatic rings. The average molecular weight is 195 g/mol. The van der Waals surface area contributed by atoms with E-state index in [4.69, 9.17) is 0 Å². The summed E-state index contributed by atoms with van der Waals surface area (Å²) >= 11 is 0. The standard InChI is InChI=1S/C15H15/c1-12-6-8-14(9-7-12)11-15-5-3-4-13(2)10-15/h3-11H,1-2H3. The van der Waals surface area contributed by atoms with E-state index >= 15 is 0 Å². The first-order valence-electron chi connectivity index (χ1n) is 5.22. The fourth-order valence-corrected chi connectivity index (χ4v) is 1.62. The van der Waals surface area contributed by atoms with Gasteiger partial charge < -0.3 is 0 Å². The topological polar surface area (TPSA) is 0 Å². The molecule has 75 valence electrons. The molecule has 0 atom stereocenters. The van der Waals surface area contributed by atoms with Crippen LogP contribution in [0, 0.1) is 20.3 Å². The fourth-order valence-electron chi connectivity index (χ4n) is 1.62. The smallest absolute Gasteiger partial charge is 0.0199 e. The van der Waals surface area contributed by atoms with Crippen LogP contribution in [0.5, 0.6) is 0 Å². The highest BCUT2D eigenvalue weighted by Crippen LogP contribution is 2.13. The summed E-state index contributed by atoms with van der Waals surface area (Å²) in [6.45, 7) is 4.23. The number of aryl methyl sites for hydroxylation is 2. The molecule has 15 heavy (non-hydrogen) atoms. The van der Waals surface area contributed by atoms with Crippen molar-refractivity contribution in [3.8, 4) is 0 Å². The minimum Gasteiger partial charge on any atom is -0.0617 e. The highest BCUT2D eigenvalue weighted by molar-refractivity contribution is 5.39. The third kappa shape index (κ3) is 2.69. The summed E-state index contributed by atoms with van der Waals surface area (Å²) in [5, 5.41) is 0. The third-order valence-electron chi connectivity index (χ3n) is 2.45. The summed E-state index contributed by atoms with van der Waals surface area (Å²) < 4.78 is 0. The molecule has 2 aromatic carbocycles. The highest BCUT2D eigenvalue weighted by atomic mass is 14.0. The van der Waals surface area contributed by atoms with E-state index in [0.29, 0.717) is 0 Å². The monoisotopic (exact) mass is 195 g/mol. The van der Waals surface area contributed by atoms with Crippen LogP contribution in [0.1, 0.15) is 22.3 Å². The zero-order chi connectivity index (χ0) is 10.7. The van der Waals surface area contributed by atoms with E-state index in [0.717, 1.165) is 0 Å². The van der Waals surface area contributed by atoms with Gasteiger partial charge in [0.2, 0.25) is 0 Å². The molecule has 0 amide bonds. The van der Waals surface area contributed by atoms with Crippen molar-refractivity contribution in [1.29, 1.82) is 0 Å². The second kappa shape index (κ2) is 4.31. The van der Waals surface area contributed by atoms with E-state index in [1.54, 1.807) is 0 Å². The number of benzene rings is 2. The van der Waals surface area contributed by atoms with Gasteiger partial charge in [0.15, 0.2) is 0 Å². The van der Waals surface area contributed by atoms with E-state index in [9.17, 15) is 0 Å². The van der Waals surface area contributed by atoms with Crippen molar-refractivity contribution in [3.05, 3.63) is 77.2 Å². The minimum atomic E-state index is 1.26. The summed E-state index contributed by atoms with van der Waals surface area (Å²) in [6, 6.07) is 17.1. The average Bonchev–Trinajstić information content (AvgIpc) is 2.22. The van der Waals surface area contributed by atoms with Gasteiger partial charge in [-0.05, 0) is 25.0 Å². The fraction of sp³-hybridized carbons (Fsp3) is 0.133. The molecule has 0 spiro atoms. The van der Waals surface area contributed by atoms with Crippen LogP contribution in [0.3, 0.4) is 0 Å². The van der Waals surface area contributed by atoms with Crippen molar-refractivity contribution in [2.24, 2.45) is 0 Å². The molecule has 0 saturated heterocycles. The van der Waals surface area contributed by atoms with Crippen LogP contribution in [-0.2, 0) is 0 Å². The van der Waals surface area contributed by atoms with Gasteiger partial charge in [-0.2, -0.15) is 0 Å². The molecule has 1 radical (unpaired) electrons. The lowest BCUT2D eigenvalue weighted by atomic mass is 10.0. The number of hydrogen-bond donors (Lipinski definition) is 0. The molecule has 0 heteroatoms. The van der Waals surface area contributed by atoms with E-state index in [1.807, 2.05) is 0 Å². The molecule has 0 nitrogen and oxygen atoms in total. The maximum atomic E-state index is 2.20. The Hall–Kier alpha value is -1.56. The van der Waals surface area contributed by atoms with Gasteiger partial charge in [0.25, 0.3) is 0 Å². The predicted octanol–water partition coefficient (Wildman–Crippen LogP) is 3.90. The second-order valence-corrected chi connectivity index (χ2v) is 3.97. The van der Waals surface area contributed by atoms with Crippen LogP contribution in [-0.4, -0.2) is 0 Å². The first-order chi connectivity index (χ1) is 7.24. The summed E-state index contributed by atoms with van der Waals surface area (Å²) in [6.07, 6.45) is 2.20. The van der Waals surface area contributed by atoms with Crippen LogP contribution in [0.15, 0.2) is 48.5 Å². The molecular formula is C15H15. The van der Waals surface area contributed by atoms with Crippen LogP contribution < -0.4 is 0 Å². The Labute approximate surface area is 91.6 Å². The Morgan fingerprint density at radius 1 is 0.733 bits per heavy atom. The number of rotatable bonds is 2. The van der Waals surface area contributed by atoms with Crippen LogP contribution in [0.4, 0.5) is 0 Å². The van der Waals surface area contributed by atoms with Crippen LogP contribution in [0.2, 0.25) is 0 Å². The van der Waals surface area contributed by atoms with Gasteiger partial charge in [-0.1, -0.05) is 59.7 Å². The van der Waals surface area contributed by atoms with E-state index < -0.39 is 0 Å². The predicted molar refractivity (Wildman–Crippen MR) is 64.9 cm³/mol. The molecule has 0 heterocycles. The van der Waals surface area contributed by atoms with Crippen molar-refractivity contribution in [2.75, 3.05) is 0 Å². The molecule has 0 N–H and O–H groups in total. The molecule has 0 aliphatic carbocycles. The second-order valence-electron chi connectivity index (χ2n) is 3.97. The van der Waals surface area contributed by atoms with Crippen molar-refractivity contribution < 1.29 is 0 Å².